The maximum absolute atomic E-state index is 12.8. The molecular weight excluding hydrogens is 358 g/mol. The van der Waals surface area contributed by atoms with Crippen LogP contribution in [0.4, 0.5) is 0 Å². The monoisotopic (exact) mass is 385 g/mol. The Hall–Kier alpha value is -1.69. The number of ether oxygens (including phenoxy) is 1. The van der Waals surface area contributed by atoms with Crippen LogP contribution in [0.15, 0.2) is 58.3 Å². The molecule has 2 aliphatic rings. The molecule has 0 amide bonds. The summed E-state index contributed by atoms with van der Waals surface area (Å²) in [6.07, 6.45) is 3.69. The highest BCUT2D eigenvalue weighted by Crippen LogP contribution is 2.31. The van der Waals surface area contributed by atoms with E-state index >= 15 is 0 Å². The Bertz CT molecular complexity index is 865. The van der Waals surface area contributed by atoms with Gasteiger partial charge in [0.2, 0.25) is 9.84 Å². The van der Waals surface area contributed by atoms with Crippen LogP contribution < -0.4 is 0 Å². The Labute approximate surface area is 162 Å². The highest BCUT2D eigenvalue weighted by Gasteiger charge is 2.31. The van der Waals surface area contributed by atoms with Gasteiger partial charge in [-0.25, -0.2) is 8.42 Å². The molecule has 5 heteroatoms. The lowest BCUT2D eigenvalue weighted by atomic mass is 10.1. The zero-order chi connectivity index (χ0) is 18.9. The summed E-state index contributed by atoms with van der Waals surface area (Å²) in [5.74, 6) is 0.631. The van der Waals surface area contributed by atoms with Gasteiger partial charge in [0.1, 0.15) is 0 Å². The van der Waals surface area contributed by atoms with E-state index in [1.54, 1.807) is 24.3 Å². The molecular formula is C22H27NO3S. The highest BCUT2D eigenvalue weighted by molar-refractivity contribution is 7.91. The third-order valence-electron chi connectivity index (χ3n) is 5.53. The van der Waals surface area contributed by atoms with Crippen LogP contribution in [0, 0.1) is 12.8 Å². The van der Waals surface area contributed by atoms with E-state index < -0.39 is 9.84 Å². The minimum absolute atomic E-state index is 0.349. The van der Waals surface area contributed by atoms with Gasteiger partial charge in [-0.2, -0.15) is 0 Å². The Morgan fingerprint density at radius 2 is 1.59 bits per heavy atom. The number of aryl methyl sites for hydroxylation is 1. The van der Waals surface area contributed by atoms with Gasteiger partial charge in [0.05, 0.1) is 16.4 Å². The van der Waals surface area contributed by atoms with Crippen LogP contribution >= 0.6 is 0 Å². The number of nitrogens with zero attached hydrogens (tertiary/aromatic N) is 1. The average molecular weight is 386 g/mol. The lowest BCUT2D eigenvalue weighted by Gasteiger charge is -2.25. The summed E-state index contributed by atoms with van der Waals surface area (Å²) in [4.78, 5) is 3.25. The van der Waals surface area contributed by atoms with Gasteiger partial charge in [0.25, 0.3) is 0 Å². The summed E-state index contributed by atoms with van der Waals surface area (Å²) in [5.41, 5.74) is 2.22. The van der Waals surface area contributed by atoms with Gasteiger partial charge in [-0.1, -0.05) is 29.8 Å². The van der Waals surface area contributed by atoms with Crippen LogP contribution in [0.3, 0.4) is 0 Å². The second kappa shape index (κ2) is 7.74. The zero-order valence-electron chi connectivity index (χ0n) is 15.8. The number of benzene rings is 2. The molecule has 0 radical (unpaired) electrons. The van der Waals surface area contributed by atoms with Crippen molar-refractivity contribution in [3.05, 3.63) is 59.7 Å². The number of hydrogen-bond acceptors (Lipinski definition) is 4. The minimum Gasteiger partial charge on any atom is -0.381 e. The van der Waals surface area contributed by atoms with Gasteiger partial charge >= 0.3 is 0 Å². The predicted molar refractivity (Wildman–Crippen MR) is 105 cm³/mol. The van der Waals surface area contributed by atoms with Crippen LogP contribution in [0.25, 0.3) is 0 Å². The Morgan fingerprint density at radius 3 is 2.15 bits per heavy atom. The summed E-state index contributed by atoms with van der Waals surface area (Å²) < 4.78 is 31.1. The van der Waals surface area contributed by atoms with Gasteiger partial charge in [0, 0.05) is 25.7 Å². The molecule has 144 valence electrons. The van der Waals surface area contributed by atoms with Crippen LogP contribution in [0.5, 0.6) is 0 Å². The van der Waals surface area contributed by atoms with E-state index in [0.717, 1.165) is 38.3 Å². The molecule has 2 aromatic carbocycles. The topological polar surface area (TPSA) is 46.6 Å². The third-order valence-corrected chi connectivity index (χ3v) is 7.32. The van der Waals surface area contributed by atoms with Crippen molar-refractivity contribution in [1.29, 1.82) is 0 Å². The second-order valence-corrected chi connectivity index (χ2v) is 9.80. The van der Waals surface area contributed by atoms with Crippen molar-refractivity contribution in [2.75, 3.05) is 19.8 Å². The molecule has 0 aromatic heterocycles. The zero-order valence-corrected chi connectivity index (χ0v) is 16.6. The molecule has 27 heavy (non-hydrogen) atoms. The first kappa shape index (κ1) is 18.7. The summed E-state index contributed by atoms with van der Waals surface area (Å²) >= 11 is 0. The fourth-order valence-electron chi connectivity index (χ4n) is 3.70. The Morgan fingerprint density at radius 1 is 0.963 bits per heavy atom. The molecule has 1 unspecified atom stereocenters. The number of hydrogen-bond donors (Lipinski definition) is 0. The third kappa shape index (κ3) is 4.42. The molecule has 4 nitrogen and oxygen atoms in total. The number of rotatable bonds is 7. The largest absolute Gasteiger partial charge is 0.381 e. The minimum atomic E-state index is -3.45. The summed E-state index contributed by atoms with van der Waals surface area (Å²) in [7, 11) is -3.45. The van der Waals surface area contributed by atoms with E-state index in [4.69, 9.17) is 4.74 Å². The fourth-order valence-corrected chi connectivity index (χ4v) is 4.96. The van der Waals surface area contributed by atoms with Crippen LogP contribution in [0.2, 0.25) is 0 Å². The highest BCUT2D eigenvalue weighted by atomic mass is 32.2. The van der Waals surface area contributed by atoms with E-state index in [0.29, 0.717) is 21.8 Å². The van der Waals surface area contributed by atoms with Crippen molar-refractivity contribution in [1.82, 2.24) is 4.90 Å². The summed E-state index contributed by atoms with van der Waals surface area (Å²) in [6, 6.07) is 15.1. The molecule has 0 N–H and O–H groups in total. The molecule has 1 aliphatic carbocycles. The summed E-state index contributed by atoms with van der Waals surface area (Å²) in [5, 5.41) is 0. The van der Waals surface area contributed by atoms with E-state index in [9.17, 15) is 8.42 Å². The smallest absolute Gasteiger partial charge is 0.206 e. The van der Waals surface area contributed by atoms with Crippen LogP contribution in [0.1, 0.15) is 30.4 Å². The van der Waals surface area contributed by atoms with E-state index in [1.165, 1.54) is 18.4 Å². The normalized spacial score (nSPS) is 20.3. The second-order valence-electron chi connectivity index (χ2n) is 7.85. The first-order valence-corrected chi connectivity index (χ1v) is 11.2. The van der Waals surface area contributed by atoms with Gasteiger partial charge < -0.3 is 4.74 Å². The lowest BCUT2D eigenvalue weighted by molar-refractivity contribution is 0.161. The Balaban J connectivity index is 1.47. The molecule has 0 bridgehead atoms. The molecule has 1 aliphatic heterocycles. The van der Waals surface area contributed by atoms with E-state index in [2.05, 4.69) is 4.90 Å². The maximum atomic E-state index is 12.8. The van der Waals surface area contributed by atoms with Crippen molar-refractivity contribution in [2.45, 2.75) is 48.6 Å². The standard InChI is InChI=1S/C22H27NO3S/c1-17-2-8-21(9-3-17)27(24,25)22-10-4-18(5-11-22)14-23(20-6-7-20)15-19-12-13-26-16-19/h2-5,8-11,19-20H,6-7,12-16H2,1H3. The van der Waals surface area contributed by atoms with Crippen LogP contribution in [-0.2, 0) is 21.1 Å². The van der Waals surface area contributed by atoms with E-state index in [-0.39, 0.29) is 0 Å². The SMILES string of the molecule is Cc1ccc(S(=O)(=O)c2ccc(CN(CC3CCOC3)C3CC3)cc2)cc1. The van der Waals surface area contributed by atoms with Crippen molar-refractivity contribution in [3.63, 3.8) is 0 Å². The molecule has 0 spiro atoms. The molecule has 4 rings (SSSR count). The van der Waals surface area contributed by atoms with Crippen molar-refractivity contribution in [2.24, 2.45) is 5.92 Å². The Kier molecular flexibility index (Phi) is 5.35. The summed E-state index contributed by atoms with van der Waals surface area (Å²) in [6.45, 7) is 5.67. The predicted octanol–water partition coefficient (Wildman–Crippen LogP) is 3.83. The lowest BCUT2D eigenvalue weighted by Crippen LogP contribution is -2.31. The van der Waals surface area contributed by atoms with Gasteiger partial charge in [0.15, 0.2) is 0 Å². The molecule has 2 aromatic rings. The van der Waals surface area contributed by atoms with Crippen molar-refractivity contribution >= 4 is 9.84 Å². The van der Waals surface area contributed by atoms with Gasteiger partial charge in [-0.3, -0.25) is 4.90 Å². The quantitative estimate of drug-likeness (QED) is 0.727. The molecule has 1 saturated carbocycles. The first-order chi connectivity index (χ1) is 13.0. The molecule has 2 fully saturated rings. The first-order valence-electron chi connectivity index (χ1n) is 9.75. The van der Waals surface area contributed by atoms with Crippen LogP contribution in [-0.4, -0.2) is 39.1 Å². The molecule has 1 saturated heterocycles. The van der Waals surface area contributed by atoms with E-state index in [1.807, 2.05) is 31.2 Å². The molecule has 1 atom stereocenters. The van der Waals surface area contributed by atoms with Crippen molar-refractivity contribution in [3.8, 4) is 0 Å². The molecule has 1 heterocycles. The van der Waals surface area contributed by atoms with Gasteiger partial charge in [-0.05, 0) is 61.9 Å². The maximum Gasteiger partial charge on any atom is 0.206 e. The van der Waals surface area contributed by atoms with Gasteiger partial charge in [-0.15, -0.1) is 0 Å². The number of sulfone groups is 1. The van der Waals surface area contributed by atoms with Crippen molar-refractivity contribution < 1.29 is 13.2 Å². The average Bonchev–Trinajstić information content (AvgIpc) is 3.39. The fraction of sp³-hybridized carbons (Fsp3) is 0.455.